The predicted molar refractivity (Wildman–Crippen MR) is 298 cm³/mol. The molecule has 376 valence electrons. The summed E-state index contributed by atoms with van der Waals surface area (Å²) in [5, 5.41) is 4.98. The van der Waals surface area contributed by atoms with Gasteiger partial charge in [-0.05, 0) is 127 Å². The van der Waals surface area contributed by atoms with E-state index in [1.54, 1.807) is 0 Å². The van der Waals surface area contributed by atoms with E-state index in [1.807, 2.05) is 4.90 Å². The number of unbranched alkanes of at least 4 members (excludes halogenated alkanes) is 2. The Labute approximate surface area is 427 Å². The van der Waals surface area contributed by atoms with E-state index in [9.17, 15) is 9.59 Å². The summed E-state index contributed by atoms with van der Waals surface area (Å²) in [5.74, 6) is 3.67. The van der Waals surface area contributed by atoms with Crippen LogP contribution in [0, 0.1) is 19.8 Å². The van der Waals surface area contributed by atoms with Crippen molar-refractivity contribution in [2.45, 2.75) is 143 Å². The van der Waals surface area contributed by atoms with Crippen molar-refractivity contribution in [1.82, 2.24) is 28.9 Å². The number of hydrogen-bond acceptors (Lipinski definition) is 5. The molecule has 2 saturated heterocycles. The number of fused-ring (bicyclic) bond motifs is 4. The molecule has 2 fully saturated rings. The van der Waals surface area contributed by atoms with Gasteiger partial charge < -0.3 is 24.7 Å². The number of aryl methyl sites for hydroxylation is 4. The van der Waals surface area contributed by atoms with Crippen LogP contribution in [0.1, 0.15) is 131 Å². The number of hydrogen-bond donors (Lipinski definition) is 1. The molecule has 9 heteroatoms. The van der Waals surface area contributed by atoms with Gasteiger partial charge >= 0.3 is 0 Å². The molecule has 4 heterocycles. The number of rotatable bonds is 16. The predicted octanol–water partition coefficient (Wildman–Crippen LogP) is 13.2. The summed E-state index contributed by atoms with van der Waals surface area (Å²) in [6.07, 6.45) is 11.4. The molecule has 0 spiro atoms. The van der Waals surface area contributed by atoms with Crippen LogP contribution in [0.15, 0.2) is 121 Å². The third-order valence-corrected chi connectivity index (χ3v) is 15.4. The Kier molecular flexibility index (Phi) is 16.5. The Bertz CT molecular complexity index is 2920. The molecule has 0 bridgehead atoms. The lowest BCUT2D eigenvalue weighted by molar-refractivity contribution is -0.133. The zero-order valence-corrected chi connectivity index (χ0v) is 43.7. The Hall–Kier alpha value is -6.32. The van der Waals surface area contributed by atoms with Gasteiger partial charge in [0.2, 0.25) is 11.8 Å². The normalized spacial score (nSPS) is 17.1. The first-order chi connectivity index (χ1) is 35.1. The smallest absolute Gasteiger partial charge is 0.224 e. The highest BCUT2D eigenvalue weighted by molar-refractivity contribution is 5.85. The number of amides is 2. The maximum Gasteiger partial charge on any atom is 0.224 e. The van der Waals surface area contributed by atoms with Crippen molar-refractivity contribution < 1.29 is 9.59 Å². The monoisotopic (exact) mass is 964 g/mol. The summed E-state index contributed by atoms with van der Waals surface area (Å²) >= 11 is 0. The van der Waals surface area contributed by atoms with Crippen molar-refractivity contribution in [3.63, 3.8) is 0 Å². The van der Waals surface area contributed by atoms with Gasteiger partial charge in [0.1, 0.15) is 11.6 Å². The van der Waals surface area contributed by atoms with Crippen LogP contribution in [0.4, 0.5) is 0 Å². The van der Waals surface area contributed by atoms with Crippen LogP contribution < -0.4 is 5.73 Å². The fraction of sp³-hybridized carbons (Fsp3) is 0.429. The van der Waals surface area contributed by atoms with Crippen LogP contribution in [-0.2, 0) is 35.5 Å². The second kappa shape index (κ2) is 23.5. The van der Waals surface area contributed by atoms with E-state index in [0.717, 1.165) is 114 Å². The van der Waals surface area contributed by atoms with Crippen molar-refractivity contribution in [2.75, 3.05) is 26.2 Å². The molecule has 6 aromatic carbocycles. The minimum absolute atomic E-state index is 0.167. The minimum atomic E-state index is -0.184. The molecule has 2 aliphatic rings. The van der Waals surface area contributed by atoms with E-state index in [1.165, 1.54) is 60.7 Å². The first kappa shape index (κ1) is 50.6. The SMILES string of the molecule is CCCCn1c([C@@H]2CCCN(C(=O)C[C@H](C)Cc3ccc4ccccc4c3)C2)nc2c(C)cccc21.CCCCn1c([C@@H]2CCCN(C(=O)C[C@H](N)Cc3ccc4ccccc4c3)C2)nc2c(C)cccc21. The molecule has 2 N–H and O–H groups in total. The third kappa shape index (κ3) is 11.8. The topological polar surface area (TPSA) is 102 Å². The van der Waals surface area contributed by atoms with Crippen molar-refractivity contribution in [1.29, 1.82) is 0 Å². The Morgan fingerprint density at radius 1 is 0.583 bits per heavy atom. The molecule has 4 atom stereocenters. The largest absolute Gasteiger partial charge is 0.342 e. The Morgan fingerprint density at radius 3 is 1.53 bits per heavy atom. The molecule has 0 saturated carbocycles. The van der Waals surface area contributed by atoms with Gasteiger partial charge in [0, 0.05) is 70.0 Å². The highest BCUT2D eigenvalue weighted by atomic mass is 16.2. The van der Waals surface area contributed by atoms with E-state index < -0.39 is 0 Å². The molecule has 0 aliphatic carbocycles. The van der Waals surface area contributed by atoms with Crippen molar-refractivity contribution in [3.05, 3.63) is 155 Å². The fourth-order valence-electron chi connectivity index (χ4n) is 11.5. The lowest BCUT2D eigenvalue weighted by Crippen LogP contribution is -2.42. The van der Waals surface area contributed by atoms with Crippen molar-refractivity contribution in [3.8, 4) is 0 Å². The van der Waals surface area contributed by atoms with E-state index in [0.29, 0.717) is 37.0 Å². The molecule has 10 rings (SSSR count). The van der Waals surface area contributed by atoms with Gasteiger partial charge in [0.15, 0.2) is 0 Å². The number of piperidine rings is 2. The molecule has 8 aromatic rings. The molecule has 2 aromatic heterocycles. The summed E-state index contributed by atoms with van der Waals surface area (Å²) < 4.78 is 4.85. The van der Waals surface area contributed by atoms with Crippen molar-refractivity contribution in [2.24, 2.45) is 11.7 Å². The minimum Gasteiger partial charge on any atom is -0.342 e. The van der Waals surface area contributed by atoms with Crippen molar-refractivity contribution >= 4 is 55.4 Å². The zero-order chi connectivity index (χ0) is 50.1. The molecule has 2 amide bonds. The Morgan fingerprint density at radius 2 is 1.04 bits per heavy atom. The number of nitrogens with two attached hydrogens (primary N) is 1. The fourth-order valence-corrected chi connectivity index (χ4v) is 11.5. The van der Waals surface area contributed by atoms with Crippen LogP contribution in [-0.4, -0.2) is 72.9 Å². The number of carbonyl (C=O) groups is 2. The molecular formula is C63H77N7O2. The van der Waals surface area contributed by atoms with Gasteiger partial charge in [-0.1, -0.05) is 143 Å². The summed E-state index contributed by atoms with van der Waals surface area (Å²) in [6.45, 7) is 16.1. The second-order valence-corrected chi connectivity index (χ2v) is 21.2. The number of aromatic nitrogens is 4. The molecule has 0 unspecified atom stereocenters. The summed E-state index contributed by atoms with van der Waals surface area (Å²) in [7, 11) is 0. The zero-order valence-electron chi connectivity index (χ0n) is 43.7. The average molecular weight is 964 g/mol. The van der Waals surface area contributed by atoms with E-state index in [2.05, 4.69) is 170 Å². The van der Waals surface area contributed by atoms with Gasteiger partial charge in [-0.2, -0.15) is 0 Å². The highest BCUT2D eigenvalue weighted by Crippen LogP contribution is 2.34. The van der Waals surface area contributed by atoms with Gasteiger partial charge in [0.05, 0.1) is 22.1 Å². The second-order valence-electron chi connectivity index (χ2n) is 21.2. The number of imidazole rings is 2. The van der Waals surface area contributed by atoms with E-state index >= 15 is 0 Å². The van der Waals surface area contributed by atoms with Crippen LogP contribution in [0.3, 0.4) is 0 Å². The lowest BCUT2D eigenvalue weighted by atomic mass is 9.93. The van der Waals surface area contributed by atoms with E-state index in [-0.39, 0.29) is 17.9 Å². The van der Waals surface area contributed by atoms with Crippen LogP contribution >= 0.6 is 0 Å². The molecule has 0 radical (unpaired) electrons. The summed E-state index contributed by atoms with van der Waals surface area (Å²) in [4.78, 5) is 41.1. The molecule has 9 nitrogen and oxygen atoms in total. The number of nitrogens with zero attached hydrogens (tertiary/aromatic N) is 6. The quantitative estimate of drug-likeness (QED) is 0.104. The van der Waals surface area contributed by atoms with E-state index in [4.69, 9.17) is 15.7 Å². The first-order valence-electron chi connectivity index (χ1n) is 27.2. The number of benzene rings is 6. The lowest BCUT2D eigenvalue weighted by Gasteiger charge is -2.33. The first-order valence-corrected chi connectivity index (χ1v) is 27.2. The van der Waals surface area contributed by atoms with Gasteiger partial charge in [0.25, 0.3) is 0 Å². The summed E-state index contributed by atoms with van der Waals surface area (Å²) in [5.41, 5.74) is 16.1. The van der Waals surface area contributed by atoms with Gasteiger partial charge in [-0.25, -0.2) is 9.97 Å². The third-order valence-electron chi connectivity index (χ3n) is 15.4. The standard InChI is InChI=1S/C32H39N3O.C31H38N4O/c1-4-5-18-35-29-14-8-10-24(3)31(29)33-32(35)28-13-9-17-34(22-28)30(36)20-23(2)19-25-15-16-26-11-6-7-12-27(26)21-25;1-3-4-17-35-28-13-7-9-22(2)30(28)33-31(35)26-12-8-16-34(21-26)29(36)20-27(32)19-23-14-15-24-10-5-6-11-25(24)18-23/h6-8,10-12,14-16,21,23,28H,4-5,9,13,17-20,22H2,1-3H3;5-7,9-11,13-15,18,26-27H,3-4,8,12,16-17,19-21,32H2,1-2H3/t23-,28-;26-,27-/m11/s1. The van der Waals surface area contributed by atoms with Gasteiger partial charge in [-0.3, -0.25) is 9.59 Å². The molecule has 72 heavy (non-hydrogen) atoms. The Balaban J connectivity index is 0.000000178. The van der Waals surface area contributed by atoms with Crippen LogP contribution in [0.5, 0.6) is 0 Å². The molecule has 2 aliphatic heterocycles. The van der Waals surface area contributed by atoms with Crippen LogP contribution in [0.2, 0.25) is 0 Å². The average Bonchev–Trinajstić information content (AvgIpc) is 3.97. The number of para-hydroxylation sites is 2. The highest BCUT2D eigenvalue weighted by Gasteiger charge is 2.31. The maximum absolute atomic E-state index is 13.4. The van der Waals surface area contributed by atoms with Gasteiger partial charge in [-0.15, -0.1) is 0 Å². The van der Waals surface area contributed by atoms with Crippen LogP contribution in [0.25, 0.3) is 43.6 Å². The summed E-state index contributed by atoms with van der Waals surface area (Å²) in [6, 6.07) is 42.7. The number of carbonyl (C=O) groups excluding carboxylic acids is 2. The maximum atomic E-state index is 13.4. The number of likely N-dealkylation sites (tertiary alicyclic amines) is 2. The molecular weight excluding hydrogens is 887 g/mol.